The van der Waals surface area contributed by atoms with Crippen LogP contribution in [-0.4, -0.2) is 19.1 Å². The number of anilines is 1. The lowest BCUT2D eigenvalue weighted by molar-refractivity contribution is -0.137. The lowest BCUT2D eigenvalue weighted by Gasteiger charge is -2.15. The van der Waals surface area contributed by atoms with E-state index in [0.29, 0.717) is 22.9 Å². The highest BCUT2D eigenvalue weighted by Gasteiger charge is 2.30. The molecular weight excluding hydrogens is 411 g/mol. The van der Waals surface area contributed by atoms with Crippen molar-refractivity contribution in [1.82, 2.24) is 0 Å². The van der Waals surface area contributed by atoms with Crippen molar-refractivity contribution in [3.8, 4) is 23.0 Å². The number of alkyl halides is 3. The predicted molar refractivity (Wildman–Crippen MR) is 110 cm³/mol. The molecule has 3 rings (SSSR count). The first kappa shape index (κ1) is 22.0. The molecule has 0 aromatic heterocycles. The van der Waals surface area contributed by atoms with Gasteiger partial charge in [-0.15, -0.1) is 0 Å². The van der Waals surface area contributed by atoms with Gasteiger partial charge in [-0.3, -0.25) is 4.79 Å². The SMILES string of the molecule is COc1ccc(NC(=O)C(C)Oc2ccc(Oc3ccc(C(F)(F)F)cc3)cc2)cc1. The fourth-order valence-corrected chi connectivity index (χ4v) is 2.61. The molecule has 0 radical (unpaired) electrons. The summed E-state index contributed by atoms with van der Waals surface area (Å²) in [6.45, 7) is 1.62. The van der Waals surface area contributed by atoms with E-state index in [9.17, 15) is 18.0 Å². The largest absolute Gasteiger partial charge is 0.497 e. The Morgan fingerprint density at radius 3 is 1.81 bits per heavy atom. The number of rotatable bonds is 7. The first-order valence-electron chi connectivity index (χ1n) is 9.31. The summed E-state index contributed by atoms with van der Waals surface area (Å²) in [5.41, 5.74) is -0.132. The van der Waals surface area contributed by atoms with Crippen LogP contribution < -0.4 is 19.5 Å². The van der Waals surface area contributed by atoms with Crippen LogP contribution in [0.5, 0.6) is 23.0 Å². The maximum absolute atomic E-state index is 12.6. The summed E-state index contributed by atoms with van der Waals surface area (Å²) in [6, 6.07) is 17.7. The highest BCUT2D eigenvalue weighted by Crippen LogP contribution is 2.31. The van der Waals surface area contributed by atoms with Crippen molar-refractivity contribution in [3.05, 3.63) is 78.4 Å². The third kappa shape index (κ3) is 6.15. The summed E-state index contributed by atoms with van der Waals surface area (Å²) in [7, 11) is 1.56. The van der Waals surface area contributed by atoms with Crippen LogP contribution in [0.2, 0.25) is 0 Å². The number of halogens is 3. The summed E-state index contributed by atoms with van der Waals surface area (Å²) in [5.74, 6) is 1.49. The van der Waals surface area contributed by atoms with Gasteiger partial charge in [0.15, 0.2) is 6.10 Å². The summed E-state index contributed by atoms with van der Waals surface area (Å²) in [6.07, 6.45) is -5.16. The van der Waals surface area contributed by atoms with E-state index in [4.69, 9.17) is 14.2 Å². The molecule has 1 unspecified atom stereocenters. The molecule has 0 spiro atoms. The second-order valence-corrected chi connectivity index (χ2v) is 6.57. The van der Waals surface area contributed by atoms with Gasteiger partial charge >= 0.3 is 6.18 Å². The Hall–Kier alpha value is -3.68. The summed E-state index contributed by atoms with van der Waals surface area (Å²) >= 11 is 0. The number of nitrogens with one attached hydrogen (secondary N) is 1. The molecule has 8 heteroatoms. The van der Waals surface area contributed by atoms with Crippen molar-refractivity contribution >= 4 is 11.6 Å². The number of carbonyl (C=O) groups is 1. The van der Waals surface area contributed by atoms with Crippen LogP contribution in [0.4, 0.5) is 18.9 Å². The summed E-state index contributed by atoms with van der Waals surface area (Å²) < 4.78 is 54.1. The Balaban J connectivity index is 1.55. The van der Waals surface area contributed by atoms with E-state index in [1.165, 1.54) is 12.1 Å². The zero-order valence-electron chi connectivity index (χ0n) is 16.8. The molecule has 0 saturated carbocycles. The van der Waals surface area contributed by atoms with Gasteiger partial charge in [-0.05, 0) is 79.7 Å². The number of amides is 1. The smallest absolute Gasteiger partial charge is 0.416 e. The lowest BCUT2D eigenvalue weighted by Crippen LogP contribution is -2.30. The van der Waals surface area contributed by atoms with Crippen molar-refractivity contribution in [2.45, 2.75) is 19.2 Å². The quantitative estimate of drug-likeness (QED) is 0.505. The van der Waals surface area contributed by atoms with Gasteiger partial charge in [0.05, 0.1) is 12.7 Å². The van der Waals surface area contributed by atoms with Gasteiger partial charge in [0.25, 0.3) is 5.91 Å². The lowest BCUT2D eigenvalue weighted by atomic mass is 10.2. The van der Waals surface area contributed by atoms with Crippen LogP contribution in [0.25, 0.3) is 0 Å². The molecular formula is C23H20F3NO4. The van der Waals surface area contributed by atoms with Gasteiger partial charge in [0, 0.05) is 5.69 Å². The number of hydrogen-bond acceptors (Lipinski definition) is 4. The fraction of sp³-hybridized carbons (Fsp3) is 0.174. The van der Waals surface area contributed by atoms with Gasteiger partial charge in [0.1, 0.15) is 23.0 Å². The monoisotopic (exact) mass is 431 g/mol. The molecule has 3 aromatic rings. The molecule has 0 aliphatic carbocycles. The number of methoxy groups -OCH3 is 1. The molecule has 0 heterocycles. The van der Waals surface area contributed by atoms with Crippen molar-refractivity contribution in [2.24, 2.45) is 0 Å². The maximum Gasteiger partial charge on any atom is 0.416 e. The van der Waals surface area contributed by atoms with Crippen molar-refractivity contribution in [2.75, 3.05) is 12.4 Å². The van der Waals surface area contributed by atoms with Crippen molar-refractivity contribution in [3.63, 3.8) is 0 Å². The number of hydrogen-bond donors (Lipinski definition) is 1. The van der Waals surface area contributed by atoms with Gasteiger partial charge in [-0.1, -0.05) is 0 Å². The highest BCUT2D eigenvalue weighted by molar-refractivity contribution is 5.94. The van der Waals surface area contributed by atoms with E-state index >= 15 is 0 Å². The second-order valence-electron chi connectivity index (χ2n) is 6.57. The van der Waals surface area contributed by atoms with E-state index in [1.54, 1.807) is 62.6 Å². The van der Waals surface area contributed by atoms with Crippen LogP contribution >= 0.6 is 0 Å². The average molecular weight is 431 g/mol. The summed E-state index contributed by atoms with van der Waals surface area (Å²) in [4.78, 5) is 12.3. The molecule has 0 fully saturated rings. The molecule has 1 amide bonds. The van der Waals surface area contributed by atoms with E-state index in [-0.39, 0.29) is 11.7 Å². The fourth-order valence-electron chi connectivity index (χ4n) is 2.61. The molecule has 0 bridgehead atoms. The van der Waals surface area contributed by atoms with Crippen molar-refractivity contribution < 1.29 is 32.2 Å². The van der Waals surface area contributed by atoms with Crippen LogP contribution in [0, 0.1) is 0 Å². The Bertz CT molecular complexity index is 1000. The van der Waals surface area contributed by atoms with E-state index in [2.05, 4.69) is 5.32 Å². The molecule has 162 valence electrons. The first-order valence-corrected chi connectivity index (χ1v) is 9.31. The molecule has 5 nitrogen and oxygen atoms in total. The van der Waals surface area contributed by atoms with E-state index in [1.807, 2.05) is 0 Å². The molecule has 0 aliphatic heterocycles. The minimum Gasteiger partial charge on any atom is -0.497 e. The van der Waals surface area contributed by atoms with Gasteiger partial charge in [0.2, 0.25) is 0 Å². The number of benzene rings is 3. The number of carbonyl (C=O) groups excluding carboxylic acids is 1. The topological polar surface area (TPSA) is 56.8 Å². The zero-order valence-corrected chi connectivity index (χ0v) is 16.8. The molecule has 1 N–H and O–H groups in total. The van der Waals surface area contributed by atoms with Crippen LogP contribution in [-0.2, 0) is 11.0 Å². The van der Waals surface area contributed by atoms with E-state index < -0.39 is 17.8 Å². The highest BCUT2D eigenvalue weighted by atomic mass is 19.4. The Kier molecular flexibility index (Phi) is 6.69. The van der Waals surface area contributed by atoms with Crippen molar-refractivity contribution in [1.29, 1.82) is 0 Å². The second kappa shape index (κ2) is 9.42. The normalized spacial score (nSPS) is 12.0. The van der Waals surface area contributed by atoms with Crippen LogP contribution in [0.15, 0.2) is 72.8 Å². The molecule has 3 aromatic carbocycles. The molecule has 0 saturated heterocycles. The number of ether oxygens (including phenoxy) is 3. The van der Waals surface area contributed by atoms with Crippen LogP contribution in [0.1, 0.15) is 12.5 Å². The van der Waals surface area contributed by atoms with Gasteiger partial charge in [-0.2, -0.15) is 13.2 Å². The molecule has 0 aliphatic rings. The third-order valence-electron chi connectivity index (χ3n) is 4.28. The van der Waals surface area contributed by atoms with Gasteiger partial charge < -0.3 is 19.5 Å². The molecule has 31 heavy (non-hydrogen) atoms. The zero-order chi connectivity index (χ0) is 22.4. The Morgan fingerprint density at radius 1 is 0.806 bits per heavy atom. The minimum atomic E-state index is -4.39. The Labute approximate surface area is 177 Å². The van der Waals surface area contributed by atoms with Gasteiger partial charge in [-0.25, -0.2) is 0 Å². The maximum atomic E-state index is 12.6. The molecule has 1 atom stereocenters. The average Bonchev–Trinajstić information content (AvgIpc) is 2.75. The Morgan fingerprint density at radius 2 is 1.29 bits per heavy atom. The standard InChI is InChI=1S/C23H20F3NO4/c1-15(22(28)27-17-5-9-18(29-2)10-6-17)30-19-11-13-21(14-12-19)31-20-7-3-16(4-8-20)23(24,25)26/h3-15H,1-2H3,(H,27,28). The predicted octanol–water partition coefficient (Wildman–Crippen LogP) is 5.91. The van der Waals surface area contributed by atoms with Crippen LogP contribution in [0.3, 0.4) is 0 Å². The summed E-state index contributed by atoms with van der Waals surface area (Å²) in [5, 5.41) is 2.75. The third-order valence-corrected chi connectivity index (χ3v) is 4.28. The van der Waals surface area contributed by atoms with E-state index in [0.717, 1.165) is 12.1 Å². The minimum absolute atomic E-state index is 0.272. The first-order chi connectivity index (χ1) is 14.7.